The molecule has 0 spiro atoms. The molecule has 2 aromatic rings. The molecule has 0 atom stereocenters. The molecule has 32 heavy (non-hydrogen) atoms. The zero-order valence-corrected chi connectivity index (χ0v) is 19.7. The summed E-state index contributed by atoms with van der Waals surface area (Å²) in [7, 11) is 3.01. The molecule has 0 aromatic heterocycles. The van der Waals surface area contributed by atoms with Gasteiger partial charge in [0, 0.05) is 38.3 Å². The molecule has 0 unspecified atom stereocenters. The Balaban J connectivity index is 1.68. The van der Waals surface area contributed by atoms with Gasteiger partial charge < -0.3 is 24.6 Å². The summed E-state index contributed by atoms with van der Waals surface area (Å²) in [6.07, 6.45) is 0.576. The first-order chi connectivity index (χ1) is 15.3. The van der Waals surface area contributed by atoms with Gasteiger partial charge >= 0.3 is 0 Å². The van der Waals surface area contributed by atoms with Crippen molar-refractivity contribution in [2.45, 2.75) is 20.3 Å². The Hall–Kier alpha value is -2.93. The summed E-state index contributed by atoms with van der Waals surface area (Å²) in [6.45, 7) is 6.89. The number of methoxy groups -OCH3 is 2. The fourth-order valence-electron chi connectivity index (χ4n) is 3.78. The molecule has 2 aromatic carbocycles. The van der Waals surface area contributed by atoms with Gasteiger partial charge in [-0.2, -0.15) is 0 Å². The summed E-state index contributed by atoms with van der Waals surface area (Å²) in [5.41, 5.74) is 1.78. The van der Waals surface area contributed by atoms with Crippen LogP contribution in [0.1, 0.15) is 30.6 Å². The third kappa shape index (κ3) is 5.46. The minimum atomic E-state index is -0.347. The molecule has 1 N–H and O–H groups in total. The average Bonchev–Trinajstić information content (AvgIpc) is 2.78. The Morgan fingerprint density at radius 1 is 1.03 bits per heavy atom. The van der Waals surface area contributed by atoms with E-state index in [2.05, 4.69) is 24.1 Å². The fourth-order valence-corrected chi connectivity index (χ4v) is 4.08. The third-order valence-corrected chi connectivity index (χ3v) is 5.72. The van der Waals surface area contributed by atoms with Gasteiger partial charge in [0.25, 0.3) is 5.91 Å². The van der Waals surface area contributed by atoms with Crippen molar-refractivity contribution in [1.82, 2.24) is 4.90 Å². The maximum atomic E-state index is 12.9. The van der Waals surface area contributed by atoms with E-state index in [0.717, 1.165) is 5.69 Å². The van der Waals surface area contributed by atoms with Crippen LogP contribution >= 0.6 is 11.6 Å². The Bertz CT molecular complexity index is 949. The van der Waals surface area contributed by atoms with Gasteiger partial charge in [-0.15, -0.1) is 0 Å². The number of hydrogen-bond donors (Lipinski definition) is 1. The Labute approximate surface area is 194 Å². The molecule has 0 radical (unpaired) electrons. The van der Waals surface area contributed by atoms with Crippen LogP contribution in [0.25, 0.3) is 0 Å². The normalized spacial score (nSPS) is 13.8. The van der Waals surface area contributed by atoms with Crippen molar-refractivity contribution in [3.63, 3.8) is 0 Å². The number of piperazine rings is 1. The van der Waals surface area contributed by atoms with Crippen molar-refractivity contribution in [1.29, 1.82) is 0 Å². The third-order valence-electron chi connectivity index (χ3n) is 5.42. The Morgan fingerprint density at radius 3 is 2.19 bits per heavy atom. The smallest absolute Gasteiger partial charge is 0.263 e. The molecular weight excluding hydrogens is 430 g/mol. The molecule has 0 saturated carbocycles. The second-order valence-corrected chi connectivity index (χ2v) is 8.53. The zero-order chi connectivity index (χ0) is 23.3. The monoisotopic (exact) mass is 459 g/mol. The van der Waals surface area contributed by atoms with Gasteiger partial charge in [-0.1, -0.05) is 31.5 Å². The zero-order valence-electron chi connectivity index (χ0n) is 19.0. The molecule has 1 aliphatic rings. The van der Waals surface area contributed by atoms with E-state index in [0.29, 0.717) is 66.3 Å². The number of carbonyl (C=O) groups is 2. The first-order valence-corrected chi connectivity index (χ1v) is 11.1. The summed E-state index contributed by atoms with van der Waals surface area (Å²) in [4.78, 5) is 29.3. The maximum absolute atomic E-state index is 12.9. The SMILES string of the molecule is COc1cccc(OC)c1C(=O)Nc1ccc(N2CCN(C(=O)CC(C)C)CC2)c(Cl)c1. The van der Waals surface area contributed by atoms with Crippen molar-refractivity contribution in [2.75, 3.05) is 50.6 Å². The van der Waals surface area contributed by atoms with Crippen LogP contribution < -0.4 is 19.7 Å². The molecule has 1 aliphatic heterocycles. The predicted octanol–water partition coefficient (Wildman–Crippen LogP) is 4.30. The lowest BCUT2D eigenvalue weighted by atomic mass is 10.1. The molecule has 172 valence electrons. The highest BCUT2D eigenvalue weighted by molar-refractivity contribution is 6.33. The molecule has 2 amide bonds. The van der Waals surface area contributed by atoms with Crippen LogP contribution in [0.4, 0.5) is 11.4 Å². The number of halogens is 1. The number of carbonyl (C=O) groups excluding carboxylic acids is 2. The lowest BCUT2D eigenvalue weighted by Crippen LogP contribution is -2.49. The summed E-state index contributed by atoms with van der Waals surface area (Å²) in [5, 5.41) is 3.40. The standard InChI is InChI=1S/C24H30ClN3O4/c1-16(2)14-22(29)28-12-10-27(11-13-28)19-9-8-17(15-18(19)25)26-24(30)23-20(31-3)6-5-7-21(23)32-4/h5-9,15-16H,10-14H2,1-4H3,(H,26,30). The molecule has 7 nitrogen and oxygen atoms in total. The Morgan fingerprint density at radius 2 is 1.66 bits per heavy atom. The van der Waals surface area contributed by atoms with Gasteiger partial charge in [0.1, 0.15) is 17.1 Å². The van der Waals surface area contributed by atoms with Gasteiger partial charge in [-0.3, -0.25) is 9.59 Å². The van der Waals surface area contributed by atoms with Crippen molar-refractivity contribution < 1.29 is 19.1 Å². The van der Waals surface area contributed by atoms with E-state index < -0.39 is 0 Å². The number of rotatable bonds is 7. The van der Waals surface area contributed by atoms with Crippen LogP contribution in [0.15, 0.2) is 36.4 Å². The van der Waals surface area contributed by atoms with Crippen molar-refractivity contribution in [2.24, 2.45) is 5.92 Å². The highest BCUT2D eigenvalue weighted by Crippen LogP contribution is 2.32. The number of amides is 2. The van der Waals surface area contributed by atoms with Crippen LogP contribution in [0.5, 0.6) is 11.5 Å². The van der Waals surface area contributed by atoms with E-state index in [1.807, 2.05) is 17.0 Å². The maximum Gasteiger partial charge on any atom is 0.263 e. The van der Waals surface area contributed by atoms with Gasteiger partial charge in [-0.05, 0) is 36.2 Å². The molecule has 1 fully saturated rings. The molecule has 1 saturated heterocycles. The first kappa shape index (κ1) is 23.7. The minimum absolute atomic E-state index is 0.204. The second kappa shape index (κ2) is 10.6. The molecule has 8 heteroatoms. The molecule has 3 rings (SSSR count). The van der Waals surface area contributed by atoms with Crippen molar-refractivity contribution in [3.8, 4) is 11.5 Å². The summed E-state index contributed by atoms with van der Waals surface area (Å²) in [6, 6.07) is 10.6. The minimum Gasteiger partial charge on any atom is -0.496 e. The topological polar surface area (TPSA) is 71.1 Å². The number of nitrogens with zero attached hydrogens (tertiary/aromatic N) is 2. The molecule has 0 aliphatic carbocycles. The molecule has 1 heterocycles. The number of hydrogen-bond acceptors (Lipinski definition) is 5. The largest absolute Gasteiger partial charge is 0.496 e. The van der Waals surface area contributed by atoms with Crippen LogP contribution in [0.2, 0.25) is 5.02 Å². The van der Waals surface area contributed by atoms with E-state index in [1.165, 1.54) is 14.2 Å². The van der Waals surface area contributed by atoms with Crippen molar-refractivity contribution in [3.05, 3.63) is 47.0 Å². The number of anilines is 2. The highest BCUT2D eigenvalue weighted by Gasteiger charge is 2.23. The van der Waals surface area contributed by atoms with Crippen LogP contribution in [0.3, 0.4) is 0 Å². The summed E-state index contributed by atoms with van der Waals surface area (Å²) < 4.78 is 10.6. The second-order valence-electron chi connectivity index (χ2n) is 8.12. The summed E-state index contributed by atoms with van der Waals surface area (Å²) >= 11 is 6.55. The van der Waals surface area contributed by atoms with E-state index >= 15 is 0 Å². The lowest BCUT2D eigenvalue weighted by Gasteiger charge is -2.36. The van der Waals surface area contributed by atoms with Crippen LogP contribution in [-0.4, -0.2) is 57.1 Å². The fraction of sp³-hybridized carbons (Fsp3) is 0.417. The van der Waals surface area contributed by atoms with E-state index in [4.69, 9.17) is 21.1 Å². The number of nitrogens with one attached hydrogen (secondary N) is 1. The first-order valence-electron chi connectivity index (χ1n) is 10.7. The summed E-state index contributed by atoms with van der Waals surface area (Å²) in [5.74, 6) is 1.06. The van der Waals surface area contributed by atoms with Gasteiger partial charge in [-0.25, -0.2) is 0 Å². The van der Waals surface area contributed by atoms with Gasteiger partial charge in [0.2, 0.25) is 5.91 Å². The quantitative estimate of drug-likeness (QED) is 0.668. The van der Waals surface area contributed by atoms with Crippen LogP contribution in [-0.2, 0) is 4.79 Å². The van der Waals surface area contributed by atoms with Gasteiger partial charge in [0.05, 0.1) is 24.9 Å². The molecule has 0 bridgehead atoms. The van der Waals surface area contributed by atoms with Crippen LogP contribution in [0, 0.1) is 5.92 Å². The van der Waals surface area contributed by atoms with Gasteiger partial charge in [0.15, 0.2) is 0 Å². The predicted molar refractivity (Wildman–Crippen MR) is 127 cm³/mol. The number of benzene rings is 2. The number of ether oxygens (including phenoxy) is 2. The highest BCUT2D eigenvalue weighted by atomic mass is 35.5. The van der Waals surface area contributed by atoms with E-state index in [1.54, 1.807) is 24.3 Å². The van der Waals surface area contributed by atoms with E-state index in [-0.39, 0.29) is 11.8 Å². The Kier molecular flexibility index (Phi) is 7.85. The lowest BCUT2D eigenvalue weighted by molar-refractivity contribution is -0.132. The van der Waals surface area contributed by atoms with E-state index in [9.17, 15) is 9.59 Å². The van der Waals surface area contributed by atoms with Crippen molar-refractivity contribution >= 4 is 34.8 Å². The molecular formula is C24H30ClN3O4. The average molecular weight is 460 g/mol.